The van der Waals surface area contributed by atoms with Crippen LogP contribution in [0.2, 0.25) is 15.1 Å². The number of benzene rings is 2. The first-order valence-corrected chi connectivity index (χ1v) is 9.08. The smallest absolute Gasteiger partial charge is 0.234 e. The van der Waals surface area contributed by atoms with Gasteiger partial charge in [-0.1, -0.05) is 70.8 Å². The number of nitrogens with zero attached hydrogens (tertiary/aromatic N) is 1. The summed E-state index contributed by atoms with van der Waals surface area (Å²) in [6, 6.07) is 14.8. The molecule has 7 heteroatoms. The Morgan fingerprint density at radius 1 is 1.04 bits per heavy atom. The van der Waals surface area contributed by atoms with Gasteiger partial charge in [0.25, 0.3) is 0 Å². The highest BCUT2D eigenvalue weighted by Crippen LogP contribution is 2.33. The van der Waals surface area contributed by atoms with E-state index in [-0.39, 0.29) is 11.7 Å². The van der Waals surface area contributed by atoms with E-state index in [0.717, 1.165) is 15.9 Å². The number of amides is 1. The van der Waals surface area contributed by atoms with Crippen LogP contribution in [0, 0.1) is 0 Å². The molecule has 1 aromatic heterocycles. The Morgan fingerprint density at radius 3 is 2.50 bits per heavy atom. The number of rotatable bonds is 4. The maximum atomic E-state index is 12.1. The van der Waals surface area contributed by atoms with E-state index in [4.69, 9.17) is 34.8 Å². The first kappa shape index (κ1) is 17.4. The third kappa shape index (κ3) is 4.14. The van der Waals surface area contributed by atoms with Gasteiger partial charge in [-0.25, -0.2) is 4.98 Å². The van der Waals surface area contributed by atoms with Crippen LogP contribution in [0.15, 0.2) is 53.6 Å². The van der Waals surface area contributed by atoms with Crippen molar-refractivity contribution in [1.82, 2.24) is 4.98 Å². The number of anilines is 1. The molecule has 2 aromatic carbocycles. The van der Waals surface area contributed by atoms with E-state index in [1.54, 1.807) is 0 Å². The molecule has 1 amide bonds. The van der Waals surface area contributed by atoms with Crippen LogP contribution in [-0.4, -0.2) is 16.6 Å². The van der Waals surface area contributed by atoms with Crippen molar-refractivity contribution in [2.75, 3.05) is 11.1 Å². The van der Waals surface area contributed by atoms with Crippen molar-refractivity contribution in [3.05, 3.63) is 63.6 Å². The topological polar surface area (TPSA) is 42.0 Å². The lowest BCUT2D eigenvalue weighted by atomic mass is 10.2. The van der Waals surface area contributed by atoms with Crippen molar-refractivity contribution in [3.8, 4) is 0 Å². The molecule has 1 heterocycles. The van der Waals surface area contributed by atoms with Gasteiger partial charge in [0.2, 0.25) is 5.91 Å². The third-order valence-electron chi connectivity index (χ3n) is 3.20. The molecule has 122 valence electrons. The number of carbonyl (C=O) groups excluding carboxylic acids is 1. The number of thioether (sulfide) groups is 1. The second-order valence-corrected chi connectivity index (χ2v) is 7.17. The minimum absolute atomic E-state index is 0.195. The van der Waals surface area contributed by atoms with Gasteiger partial charge in [0.15, 0.2) is 0 Å². The number of hydrogen-bond acceptors (Lipinski definition) is 3. The van der Waals surface area contributed by atoms with Crippen molar-refractivity contribution in [2.24, 2.45) is 0 Å². The van der Waals surface area contributed by atoms with Gasteiger partial charge in [0.1, 0.15) is 0 Å². The van der Waals surface area contributed by atoms with Gasteiger partial charge in [-0.2, -0.15) is 0 Å². The summed E-state index contributed by atoms with van der Waals surface area (Å²) in [7, 11) is 0. The number of hydrogen-bond donors (Lipinski definition) is 1. The van der Waals surface area contributed by atoms with E-state index >= 15 is 0 Å². The molecular weight excluding hydrogens is 387 g/mol. The monoisotopic (exact) mass is 396 g/mol. The first-order valence-electron chi connectivity index (χ1n) is 6.96. The predicted octanol–water partition coefficient (Wildman–Crippen LogP) is 5.93. The minimum atomic E-state index is -0.221. The summed E-state index contributed by atoms with van der Waals surface area (Å²) in [4.78, 5) is 16.6. The minimum Gasteiger partial charge on any atom is -0.323 e. The van der Waals surface area contributed by atoms with Gasteiger partial charge in [-0.3, -0.25) is 4.79 Å². The molecular formula is C17H11Cl3N2OS. The molecule has 3 aromatic rings. The molecule has 0 saturated heterocycles. The Kier molecular flexibility index (Phi) is 5.51. The van der Waals surface area contributed by atoms with Gasteiger partial charge < -0.3 is 5.32 Å². The highest BCUT2D eigenvalue weighted by Gasteiger charge is 2.12. The van der Waals surface area contributed by atoms with Crippen molar-refractivity contribution < 1.29 is 4.79 Å². The number of pyridine rings is 1. The highest BCUT2D eigenvalue weighted by molar-refractivity contribution is 7.99. The van der Waals surface area contributed by atoms with Crippen LogP contribution in [0.5, 0.6) is 0 Å². The van der Waals surface area contributed by atoms with Crippen LogP contribution in [-0.2, 0) is 4.79 Å². The van der Waals surface area contributed by atoms with Gasteiger partial charge in [0, 0.05) is 10.4 Å². The molecule has 0 unspecified atom stereocenters. The van der Waals surface area contributed by atoms with E-state index in [9.17, 15) is 4.79 Å². The lowest BCUT2D eigenvalue weighted by Gasteiger charge is -2.09. The Balaban J connectivity index is 1.67. The Hall–Kier alpha value is -1.46. The van der Waals surface area contributed by atoms with Gasteiger partial charge >= 0.3 is 0 Å². The summed E-state index contributed by atoms with van der Waals surface area (Å²) in [6.45, 7) is 0. The molecule has 0 atom stereocenters. The Bertz CT molecular complexity index is 894. The molecule has 0 radical (unpaired) electrons. The van der Waals surface area contributed by atoms with E-state index in [1.165, 1.54) is 23.9 Å². The van der Waals surface area contributed by atoms with Gasteiger partial charge in [-0.15, -0.1) is 0 Å². The van der Waals surface area contributed by atoms with Gasteiger partial charge in [-0.05, 0) is 24.3 Å². The first-order chi connectivity index (χ1) is 11.5. The van der Waals surface area contributed by atoms with E-state index < -0.39 is 0 Å². The van der Waals surface area contributed by atoms with Crippen molar-refractivity contribution in [2.45, 2.75) is 5.03 Å². The normalized spacial score (nSPS) is 10.8. The number of carbonyl (C=O) groups is 1. The lowest BCUT2D eigenvalue weighted by molar-refractivity contribution is -0.113. The largest absolute Gasteiger partial charge is 0.323 e. The van der Waals surface area contributed by atoms with E-state index in [1.807, 2.05) is 36.4 Å². The fraction of sp³-hybridized carbons (Fsp3) is 0.0588. The number of para-hydroxylation sites is 1. The molecule has 24 heavy (non-hydrogen) atoms. The third-order valence-corrected chi connectivity index (χ3v) is 4.94. The van der Waals surface area contributed by atoms with Crippen LogP contribution in [0.1, 0.15) is 0 Å². The number of nitrogens with one attached hydrogen (secondary N) is 1. The van der Waals surface area contributed by atoms with E-state index in [2.05, 4.69) is 10.3 Å². The zero-order chi connectivity index (χ0) is 17.1. The zero-order valence-electron chi connectivity index (χ0n) is 12.2. The molecule has 0 aliphatic rings. The summed E-state index contributed by atoms with van der Waals surface area (Å²) in [5, 5.41) is 5.56. The molecule has 0 saturated carbocycles. The summed E-state index contributed by atoms with van der Waals surface area (Å²) in [5.41, 5.74) is 1.26. The van der Waals surface area contributed by atoms with Crippen LogP contribution in [0.4, 0.5) is 5.69 Å². The summed E-state index contributed by atoms with van der Waals surface area (Å²) in [6.07, 6.45) is 0. The average molecular weight is 398 g/mol. The van der Waals surface area contributed by atoms with Crippen LogP contribution >= 0.6 is 46.6 Å². The summed E-state index contributed by atoms with van der Waals surface area (Å²) in [5.74, 6) is -0.0262. The van der Waals surface area contributed by atoms with Crippen LogP contribution in [0.3, 0.4) is 0 Å². The quantitative estimate of drug-likeness (QED) is 0.555. The lowest BCUT2D eigenvalue weighted by Crippen LogP contribution is -2.14. The summed E-state index contributed by atoms with van der Waals surface area (Å²) >= 11 is 19.3. The standard InChI is InChI=1S/C17H11Cl3N2OS/c18-11-7-12(19)17(13(20)8-11)22-15(23)9-24-16-6-5-10-3-1-2-4-14(10)21-16/h1-8H,9H2,(H,22,23). The van der Waals surface area contributed by atoms with E-state index in [0.29, 0.717) is 20.8 Å². The van der Waals surface area contributed by atoms with Crippen LogP contribution in [0.25, 0.3) is 10.9 Å². The molecule has 0 fully saturated rings. The van der Waals surface area contributed by atoms with Crippen LogP contribution < -0.4 is 5.32 Å². The number of fused-ring (bicyclic) bond motifs is 1. The highest BCUT2D eigenvalue weighted by atomic mass is 35.5. The SMILES string of the molecule is O=C(CSc1ccc2ccccc2n1)Nc1c(Cl)cc(Cl)cc1Cl. The molecule has 0 aliphatic carbocycles. The second-order valence-electron chi connectivity index (χ2n) is 4.92. The molecule has 3 rings (SSSR count). The maximum Gasteiger partial charge on any atom is 0.234 e. The Morgan fingerprint density at radius 2 is 1.75 bits per heavy atom. The maximum absolute atomic E-state index is 12.1. The molecule has 0 spiro atoms. The zero-order valence-corrected chi connectivity index (χ0v) is 15.3. The summed E-state index contributed by atoms with van der Waals surface area (Å²) < 4.78 is 0. The predicted molar refractivity (Wildman–Crippen MR) is 103 cm³/mol. The molecule has 3 nitrogen and oxygen atoms in total. The average Bonchev–Trinajstić information content (AvgIpc) is 2.56. The fourth-order valence-electron chi connectivity index (χ4n) is 2.10. The fourth-order valence-corrected chi connectivity index (χ4v) is 3.69. The molecule has 0 bridgehead atoms. The molecule has 0 aliphatic heterocycles. The van der Waals surface area contributed by atoms with Crippen molar-refractivity contribution in [3.63, 3.8) is 0 Å². The Labute approximate surface area is 158 Å². The molecule has 1 N–H and O–H groups in total. The van der Waals surface area contributed by atoms with Crippen molar-refractivity contribution in [1.29, 1.82) is 0 Å². The number of halogens is 3. The van der Waals surface area contributed by atoms with Crippen molar-refractivity contribution >= 4 is 69.1 Å². The van der Waals surface area contributed by atoms with Gasteiger partial charge in [0.05, 0.1) is 32.0 Å². The number of aromatic nitrogens is 1. The second kappa shape index (κ2) is 7.62.